The van der Waals surface area contributed by atoms with Gasteiger partial charge in [0.05, 0.1) is 10.6 Å². The summed E-state index contributed by atoms with van der Waals surface area (Å²) in [7, 11) is 4.21. The Labute approximate surface area is 193 Å². The van der Waals surface area contributed by atoms with Gasteiger partial charge in [-0.1, -0.05) is 0 Å². The summed E-state index contributed by atoms with van der Waals surface area (Å²) in [5.41, 5.74) is 1.16. The largest absolute Gasteiger partial charge is 0.351 e. The normalized spacial score (nSPS) is 18.4. The topological polar surface area (TPSA) is 53.1 Å². The molecule has 2 N–H and O–H groups in total. The number of nitrogens with one attached hydrogen (secondary N) is 2. The van der Waals surface area contributed by atoms with Crippen molar-refractivity contribution in [2.45, 2.75) is 64.2 Å². The number of rotatable bonds is 6. The molecule has 3 aromatic rings. The SMILES string of the molecule is CN(C)Cc1ccc(-c2ccc(-c3ccnc(NC4CC(C)(C)NC(C)(C)C4)n3)s2)s1. The average molecular weight is 456 g/mol. The molecule has 1 saturated heterocycles. The fourth-order valence-corrected chi connectivity index (χ4v) is 6.88. The molecule has 0 bridgehead atoms. The van der Waals surface area contributed by atoms with Gasteiger partial charge in [0.2, 0.25) is 5.95 Å². The van der Waals surface area contributed by atoms with E-state index in [0.29, 0.717) is 6.04 Å². The van der Waals surface area contributed by atoms with Gasteiger partial charge in [0, 0.05) is 44.5 Å². The summed E-state index contributed by atoms with van der Waals surface area (Å²) in [5.74, 6) is 0.718. The van der Waals surface area contributed by atoms with Crippen LogP contribution in [-0.2, 0) is 6.54 Å². The van der Waals surface area contributed by atoms with Crippen molar-refractivity contribution in [2.24, 2.45) is 0 Å². The second-order valence-electron chi connectivity index (χ2n) is 10.1. The van der Waals surface area contributed by atoms with E-state index in [2.05, 4.69) is 86.6 Å². The first kappa shape index (κ1) is 22.4. The lowest BCUT2D eigenvalue weighted by molar-refractivity contribution is 0.170. The molecule has 0 unspecified atom stereocenters. The summed E-state index contributed by atoms with van der Waals surface area (Å²) in [5, 5.41) is 7.34. The monoisotopic (exact) mass is 455 g/mol. The van der Waals surface area contributed by atoms with Crippen LogP contribution >= 0.6 is 22.7 Å². The molecule has 1 aliphatic heterocycles. The van der Waals surface area contributed by atoms with Crippen LogP contribution in [0.4, 0.5) is 5.95 Å². The van der Waals surface area contributed by atoms with Crippen LogP contribution in [-0.4, -0.2) is 46.1 Å². The molecule has 4 rings (SSSR count). The molecule has 0 amide bonds. The third-order valence-corrected chi connectivity index (χ3v) is 7.79. The van der Waals surface area contributed by atoms with Crippen molar-refractivity contribution in [1.29, 1.82) is 0 Å². The standard InChI is InChI=1S/C24H33N5S2/c1-23(2)13-16(14-24(3,4)28-23)26-22-25-12-11-18(27-22)19-9-10-21(31-19)20-8-7-17(30-20)15-29(5)6/h7-12,16,28H,13-15H2,1-6H3,(H,25,26,27). The molecular formula is C24H33N5S2. The van der Waals surface area contributed by atoms with Crippen LogP contribution in [0.15, 0.2) is 36.5 Å². The first-order valence-corrected chi connectivity index (χ1v) is 12.4. The zero-order valence-electron chi connectivity index (χ0n) is 19.3. The van der Waals surface area contributed by atoms with Gasteiger partial charge in [-0.3, -0.25) is 0 Å². The highest BCUT2D eigenvalue weighted by Crippen LogP contribution is 2.37. The third kappa shape index (κ3) is 5.71. The summed E-state index contributed by atoms with van der Waals surface area (Å²) in [6, 6.07) is 11.2. The number of nitrogens with zero attached hydrogens (tertiary/aromatic N) is 3. The van der Waals surface area contributed by atoms with E-state index in [0.717, 1.165) is 31.0 Å². The Kier molecular flexibility index (Phi) is 6.23. The summed E-state index contributed by atoms with van der Waals surface area (Å²) >= 11 is 3.66. The van der Waals surface area contributed by atoms with Gasteiger partial charge in [0.1, 0.15) is 0 Å². The van der Waals surface area contributed by atoms with E-state index < -0.39 is 0 Å². The molecule has 5 nitrogen and oxygen atoms in total. The molecule has 0 atom stereocenters. The molecule has 1 fully saturated rings. The number of hydrogen-bond acceptors (Lipinski definition) is 7. The van der Waals surface area contributed by atoms with Crippen LogP contribution in [0, 0.1) is 0 Å². The van der Waals surface area contributed by atoms with Gasteiger partial charge in [-0.25, -0.2) is 9.97 Å². The summed E-state index contributed by atoms with van der Waals surface area (Å²) in [6.07, 6.45) is 3.95. The predicted octanol–water partition coefficient (Wildman–Crippen LogP) is 5.72. The van der Waals surface area contributed by atoms with Gasteiger partial charge < -0.3 is 15.5 Å². The van der Waals surface area contributed by atoms with E-state index in [9.17, 15) is 0 Å². The Bertz CT molecular complexity index is 1020. The highest BCUT2D eigenvalue weighted by atomic mass is 32.1. The maximum Gasteiger partial charge on any atom is 0.223 e. The lowest BCUT2D eigenvalue weighted by atomic mass is 9.80. The van der Waals surface area contributed by atoms with Crippen LogP contribution in [0.2, 0.25) is 0 Å². The molecule has 0 spiro atoms. The smallest absolute Gasteiger partial charge is 0.223 e. The van der Waals surface area contributed by atoms with Gasteiger partial charge in [0.25, 0.3) is 0 Å². The highest BCUT2D eigenvalue weighted by Gasteiger charge is 2.37. The Morgan fingerprint density at radius 2 is 1.61 bits per heavy atom. The second kappa shape index (κ2) is 8.62. The van der Waals surface area contributed by atoms with Crippen molar-refractivity contribution in [3.05, 3.63) is 41.4 Å². The molecule has 7 heteroatoms. The number of anilines is 1. The van der Waals surface area contributed by atoms with E-state index in [4.69, 9.17) is 4.98 Å². The van der Waals surface area contributed by atoms with Crippen molar-refractivity contribution in [3.8, 4) is 20.3 Å². The molecule has 0 aliphatic carbocycles. The zero-order valence-corrected chi connectivity index (χ0v) is 21.0. The molecule has 31 heavy (non-hydrogen) atoms. The fraction of sp³-hybridized carbons (Fsp3) is 0.500. The van der Waals surface area contributed by atoms with E-state index >= 15 is 0 Å². The van der Waals surface area contributed by atoms with E-state index in [1.165, 1.54) is 19.5 Å². The van der Waals surface area contributed by atoms with Crippen molar-refractivity contribution in [1.82, 2.24) is 20.2 Å². The van der Waals surface area contributed by atoms with E-state index in [1.807, 2.05) is 23.6 Å². The van der Waals surface area contributed by atoms with E-state index in [-0.39, 0.29) is 11.1 Å². The molecule has 0 saturated carbocycles. The Balaban J connectivity index is 1.49. The Morgan fingerprint density at radius 3 is 2.32 bits per heavy atom. The van der Waals surface area contributed by atoms with Gasteiger partial charge in [-0.15, -0.1) is 22.7 Å². The van der Waals surface area contributed by atoms with Gasteiger partial charge in [-0.2, -0.15) is 0 Å². The third-order valence-electron chi connectivity index (χ3n) is 5.41. The first-order valence-electron chi connectivity index (χ1n) is 10.8. The van der Waals surface area contributed by atoms with Crippen molar-refractivity contribution < 1.29 is 0 Å². The fourth-order valence-electron chi connectivity index (χ4n) is 4.69. The summed E-state index contributed by atoms with van der Waals surface area (Å²) in [6.45, 7) is 10.0. The van der Waals surface area contributed by atoms with Gasteiger partial charge in [-0.05, 0) is 85.0 Å². The summed E-state index contributed by atoms with van der Waals surface area (Å²) in [4.78, 5) is 16.7. The van der Waals surface area contributed by atoms with Gasteiger partial charge >= 0.3 is 0 Å². The van der Waals surface area contributed by atoms with E-state index in [1.54, 1.807) is 11.3 Å². The minimum atomic E-state index is 0.0891. The first-order chi connectivity index (χ1) is 14.6. The number of piperidine rings is 1. The quantitative estimate of drug-likeness (QED) is 0.498. The molecule has 166 valence electrons. The Hall–Kier alpha value is -1.80. The minimum absolute atomic E-state index is 0.0891. The number of thiophene rings is 2. The Morgan fingerprint density at radius 1 is 0.968 bits per heavy atom. The van der Waals surface area contributed by atoms with Crippen LogP contribution in [0.1, 0.15) is 45.4 Å². The lowest BCUT2D eigenvalue weighted by Crippen LogP contribution is -2.60. The molecule has 1 aliphatic rings. The maximum atomic E-state index is 4.85. The van der Waals surface area contributed by atoms with Crippen LogP contribution in [0.25, 0.3) is 20.3 Å². The number of hydrogen-bond donors (Lipinski definition) is 2. The molecular weight excluding hydrogens is 422 g/mol. The second-order valence-corrected chi connectivity index (χ2v) is 12.3. The number of aromatic nitrogens is 2. The predicted molar refractivity (Wildman–Crippen MR) is 134 cm³/mol. The van der Waals surface area contributed by atoms with Crippen molar-refractivity contribution >= 4 is 28.6 Å². The van der Waals surface area contributed by atoms with Crippen LogP contribution in [0.5, 0.6) is 0 Å². The van der Waals surface area contributed by atoms with Crippen LogP contribution < -0.4 is 10.6 Å². The molecule has 3 aromatic heterocycles. The van der Waals surface area contributed by atoms with Crippen molar-refractivity contribution in [3.63, 3.8) is 0 Å². The molecule has 0 radical (unpaired) electrons. The zero-order chi connectivity index (χ0) is 22.2. The summed E-state index contributed by atoms with van der Waals surface area (Å²) < 4.78 is 0. The van der Waals surface area contributed by atoms with Crippen molar-refractivity contribution in [2.75, 3.05) is 19.4 Å². The molecule has 0 aromatic carbocycles. The highest BCUT2D eigenvalue weighted by molar-refractivity contribution is 7.23. The average Bonchev–Trinajstić information content (AvgIpc) is 3.28. The van der Waals surface area contributed by atoms with Gasteiger partial charge in [0.15, 0.2) is 0 Å². The van der Waals surface area contributed by atoms with Crippen LogP contribution in [0.3, 0.4) is 0 Å². The lowest BCUT2D eigenvalue weighted by Gasteiger charge is -2.46. The molecule has 4 heterocycles. The minimum Gasteiger partial charge on any atom is -0.351 e. The maximum absolute atomic E-state index is 4.85.